The van der Waals surface area contributed by atoms with Crippen molar-refractivity contribution in [2.75, 3.05) is 31.1 Å². The smallest absolute Gasteiger partial charge is 0.243 e. The first-order valence-electron chi connectivity index (χ1n) is 7.44. The number of rotatable bonds is 5. The minimum Gasteiger partial charge on any atom is -0.313 e. The third-order valence-corrected chi connectivity index (χ3v) is 6.65. The molecule has 1 aromatic carbocycles. The van der Waals surface area contributed by atoms with Crippen LogP contribution in [0.15, 0.2) is 23.1 Å². The number of aryl methyl sites for hydroxylation is 1. The van der Waals surface area contributed by atoms with E-state index >= 15 is 0 Å². The second-order valence-electron chi connectivity index (χ2n) is 5.24. The molecule has 118 valence electrons. The molecule has 21 heavy (non-hydrogen) atoms. The second-order valence-corrected chi connectivity index (χ2v) is 8.40. The lowest BCUT2D eigenvalue weighted by molar-refractivity contribution is 0.435. The van der Waals surface area contributed by atoms with Crippen LogP contribution >= 0.6 is 11.8 Å². The lowest BCUT2D eigenvalue weighted by Crippen LogP contribution is -2.33. The molecule has 1 aromatic rings. The van der Waals surface area contributed by atoms with Crippen molar-refractivity contribution >= 4 is 21.8 Å². The largest absolute Gasteiger partial charge is 0.313 e. The summed E-state index contributed by atoms with van der Waals surface area (Å²) in [5.74, 6) is 1.93. The Bertz CT molecular complexity index is 565. The Labute approximate surface area is 132 Å². The zero-order valence-corrected chi connectivity index (χ0v) is 14.4. The van der Waals surface area contributed by atoms with Gasteiger partial charge in [0.05, 0.1) is 4.90 Å². The van der Waals surface area contributed by atoms with E-state index in [9.17, 15) is 8.42 Å². The van der Waals surface area contributed by atoms with Gasteiger partial charge in [0, 0.05) is 25.4 Å². The van der Waals surface area contributed by atoms with Gasteiger partial charge in [-0.15, -0.1) is 0 Å². The molecule has 0 saturated carbocycles. The van der Waals surface area contributed by atoms with E-state index in [4.69, 9.17) is 0 Å². The van der Waals surface area contributed by atoms with E-state index in [0.717, 1.165) is 35.6 Å². The summed E-state index contributed by atoms with van der Waals surface area (Å²) in [6.07, 6.45) is 0.931. The Balaban J connectivity index is 2.26. The maximum absolute atomic E-state index is 12.8. The molecule has 1 heterocycles. The van der Waals surface area contributed by atoms with Gasteiger partial charge >= 0.3 is 0 Å². The SMILES string of the molecule is CCNCc1cc(S(=O)(=O)N2CCCSCC2)ccc1C. The van der Waals surface area contributed by atoms with E-state index in [1.54, 1.807) is 10.4 Å². The van der Waals surface area contributed by atoms with Crippen molar-refractivity contribution < 1.29 is 8.42 Å². The van der Waals surface area contributed by atoms with Gasteiger partial charge in [-0.25, -0.2) is 8.42 Å². The summed E-state index contributed by atoms with van der Waals surface area (Å²) in [6, 6.07) is 5.47. The van der Waals surface area contributed by atoms with E-state index in [-0.39, 0.29) is 0 Å². The first kappa shape index (κ1) is 16.8. The van der Waals surface area contributed by atoms with Crippen LogP contribution in [0.25, 0.3) is 0 Å². The summed E-state index contributed by atoms with van der Waals surface area (Å²) in [4.78, 5) is 0.424. The average Bonchev–Trinajstić information content (AvgIpc) is 2.75. The number of benzene rings is 1. The van der Waals surface area contributed by atoms with Gasteiger partial charge < -0.3 is 5.32 Å². The fraction of sp³-hybridized carbons (Fsp3) is 0.600. The Hall–Kier alpha value is -0.560. The molecule has 2 rings (SSSR count). The molecule has 0 bridgehead atoms. The lowest BCUT2D eigenvalue weighted by atomic mass is 10.1. The van der Waals surface area contributed by atoms with Crippen LogP contribution in [-0.4, -0.2) is 43.9 Å². The van der Waals surface area contributed by atoms with Gasteiger partial charge in [0.1, 0.15) is 0 Å². The maximum atomic E-state index is 12.8. The molecule has 0 amide bonds. The second kappa shape index (κ2) is 7.63. The molecule has 1 aliphatic rings. The van der Waals surface area contributed by atoms with Crippen molar-refractivity contribution in [3.8, 4) is 0 Å². The summed E-state index contributed by atoms with van der Waals surface area (Å²) in [5, 5.41) is 3.26. The average molecular weight is 329 g/mol. The Morgan fingerprint density at radius 1 is 1.29 bits per heavy atom. The van der Waals surface area contributed by atoms with Crippen LogP contribution in [0, 0.1) is 6.92 Å². The highest BCUT2D eigenvalue weighted by molar-refractivity contribution is 7.99. The number of hydrogen-bond donors (Lipinski definition) is 1. The van der Waals surface area contributed by atoms with Crippen LogP contribution in [0.4, 0.5) is 0 Å². The van der Waals surface area contributed by atoms with E-state index < -0.39 is 10.0 Å². The Morgan fingerprint density at radius 2 is 2.10 bits per heavy atom. The molecule has 0 spiro atoms. The predicted molar refractivity (Wildman–Crippen MR) is 89.3 cm³/mol. The zero-order chi connectivity index (χ0) is 15.3. The maximum Gasteiger partial charge on any atom is 0.243 e. The van der Waals surface area contributed by atoms with Crippen LogP contribution < -0.4 is 5.32 Å². The number of sulfonamides is 1. The standard InChI is InChI=1S/C15H24N2O2S2/c1-3-16-12-14-11-15(6-5-13(14)2)21(18,19)17-7-4-9-20-10-8-17/h5-6,11,16H,3-4,7-10,12H2,1-2H3. The number of nitrogens with zero attached hydrogens (tertiary/aromatic N) is 1. The van der Waals surface area contributed by atoms with Gasteiger partial charge in [-0.3, -0.25) is 0 Å². The van der Waals surface area contributed by atoms with Gasteiger partial charge in [-0.05, 0) is 48.9 Å². The Morgan fingerprint density at radius 3 is 2.86 bits per heavy atom. The third kappa shape index (κ3) is 4.22. The van der Waals surface area contributed by atoms with Crippen molar-refractivity contribution in [3.05, 3.63) is 29.3 Å². The highest BCUT2D eigenvalue weighted by Crippen LogP contribution is 2.22. The van der Waals surface area contributed by atoms with Gasteiger partial charge in [-0.1, -0.05) is 13.0 Å². The van der Waals surface area contributed by atoms with E-state index in [2.05, 4.69) is 5.32 Å². The fourth-order valence-corrected chi connectivity index (χ4v) is 4.90. The van der Waals surface area contributed by atoms with Gasteiger partial charge in [0.2, 0.25) is 10.0 Å². The zero-order valence-electron chi connectivity index (χ0n) is 12.8. The summed E-state index contributed by atoms with van der Waals surface area (Å²) in [5.41, 5.74) is 2.18. The molecular formula is C15H24N2O2S2. The highest BCUT2D eigenvalue weighted by atomic mass is 32.2. The Kier molecular flexibility index (Phi) is 6.10. The van der Waals surface area contributed by atoms with Crippen LogP contribution in [0.3, 0.4) is 0 Å². The number of thioether (sulfide) groups is 1. The molecule has 6 heteroatoms. The van der Waals surface area contributed by atoms with Crippen LogP contribution in [-0.2, 0) is 16.6 Å². The van der Waals surface area contributed by atoms with Gasteiger partial charge in [0.15, 0.2) is 0 Å². The predicted octanol–water partition coefficient (Wildman–Crippen LogP) is 2.23. The minimum atomic E-state index is -3.36. The van der Waals surface area contributed by atoms with Crippen LogP contribution in [0.1, 0.15) is 24.5 Å². The van der Waals surface area contributed by atoms with Crippen molar-refractivity contribution in [2.45, 2.75) is 31.7 Å². The van der Waals surface area contributed by atoms with Gasteiger partial charge in [0.25, 0.3) is 0 Å². The molecule has 0 atom stereocenters. The van der Waals surface area contributed by atoms with E-state index in [1.807, 2.05) is 37.7 Å². The molecule has 1 aliphatic heterocycles. The van der Waals surface area contributed by atoms with Crippen molar-refractivity contribution in [2.24, 2.45) is 0 Å². The lowest BCUT2D eigenvalue weighted by Gasteiger charge is -2.20. The third-order valence-electron chi connectivity index (χ3n) is 3.71. The molecule has 1 saturated heterocycles. The van der Waals surface area contributed by atoms with E-state index in [1.165, 1.54) is 0 Å². The summed E-state index contributed by atoms with van der Waals surface area (Å²) >= 11 is 1.83. The molecule has 0 aliphatic carbocycles. The van der Waals surface area contributed by atoms with Crippen LogP contribution in [0.5, 0.6) is 0 Å². The summed E-state index contributed by atoms with van der Waals surface area (Å²) in [7, 11) is -3.36. The molecule has 1 N–H and O–H groups in total. The summed E-state index contributed by atoms with van der Waals surface area (Å²) in [6.45, 7) is 6.90. The van der Waals surface area contributed by atoms with Crippen molar-refractivity contribution in [1.82, 2.24) is 9.62 Å². The summed E-state index contributed by atoms with van der Waals surface area (Å²) < 4.78 is 27.2. The highest BCUT2D eigenvalue weighted by Gasteiger charge is 2.25. The fourth-order valence-electron chi connectivity index (χ4n) is 2.37. The van der Waals surface area contributed by atoms with Crippen LogP contribution in [0.2, 0.25) is 0 Å². The molecule has 1 fully saturated rings. The first-order chi connectivity index (χ1) is 10.1. The molecular weight excluding hydrogens is 304 g/mol. The molecule has 0 unspecified atom stereocenters. The van der Waals surface area contributed by atoms with E-state index in [0.29, 0.717) is 24.5 Å². The van der Waals surface area contributed by atoms with Crippen molar-refractivity contribution in [1.29, 1.82) is 0 Å². The monoisotopic (exact) mass is 328 g/mol. The quantitative estimate of drug-likeness (QED) is 0.900. The normalized spacial score (nSPS) is 17.6. The first-order valence-corrected chi connectivity index (χ1v) is 10.0. The topological polar surface area (TPSA) is 49.4 Å². The van der Waals surface area contributed by atoms with Crippen molar-refractivity contribution in [3.63, 3.8) is 0 Å². The van der Waals surface area contributed by atoms with Gasteiger partial charge in [-0.2, -0.15) is 16.1 Å². The molecule has 0 aromatic heterocycles. The number of hydrogen-bond acceptors (Lipinski definition) is 4. The minimum absolute atomic E-state index is 0.424. The number of nitrogens with one attached hydrogen (secondary N) is 1. The molecule has 4 nitrogen and oxygen atoms in total. The molecule has 0 radical (unpaired) electrons.